The van der Waals surface area contributed by atoms with Crippen molar-refractivity contribution >= 4 is 17.5 Å². The second kappa shape index (κ2) is 6.84. The van der Waals surface area contributed by atoms with Gasteiger partial charge in [-0.05, 0) is 47.4 Å². The van der Waals surface area contributed by atoms with Crippen LogP contribution in [0, 0.1) is 0 Å². The summed E-state index contributed by atoms with van der Waals surface area (Å²) in [5.41, 5.74) is 4.37. The van der Waals surface area contributed by atoms with E-state index in [2.05, 4.69) is 20.8 Å². The van der Waals surface area contributed by atoms with Crippen LogP contribution in [-0.2, 0) is 5.41 Å². The predicted molar refractivity (Wildman–Crippen MR) is 93.6 cm³/mol. The summed E-state index contributed by atoms with van der Waals surface area (Å²) < 4.78 is 0. The van der Waals surface area contributed by atoms with E-state index in [9.17, 15) is 9.59 Å². The topological polar surface area (TPSA) is 69.6 Å². The van der Waals surface area contributed by atoms with Crippen molar-refractivity contribution in [2.45, 2.75) is 26.2 Å². The fraction of sp³-hybridized carbons (Fsp3) is 0.263. The van der Waals surface area contributed by atoms with Crippen LogP contribution in [0.25, 0.3) is 0 Å². The van der Waals surface area contributed by atoms with Gasteiger partial charge in [-0.1, -0.05) is 32.9 Å². The maximum Gasteiger partial charge on any atom is 0.274 e. The van der Waals surface area contributed by atoms with E-state index in [0.29, 0.717) is 5.56 Å². The summed E-state index contributed by atoms with van der Waals surface area (Å²) in [5.74, 6) is -0.783. The number of carbonyl (C=O) groups is 2. The highest BCUT2D eigenvalue weighted by atomic mass is 16.5. The molecule has 0 heterocycles. The molecule has 0 aliphatic rings. The zero-order chi connectivity index (χ0) is 17.9. The third kappa shape index (κ3) is 3.81. The van der Waals surface area contributed by atoms with E-state index in [1.54, 1.807) is 29.6 Å². The number of hydrogen-bond donors (Lipinski definition) is 2. The summed E-state index contributed by atoms with van der Waals surface area (Å²) in [4.78, 5) is 25.4. The first-order valence-electron chi connectivity index (χ1n) is 7.67. The van der Waals surface area contributed by atoms with Crippen molar-refractivity contribution in [3.8, 4) is 0 Å². The van der Waals surface area contributed by atoms with Gasteiger partial charge in [0.05, 0.1) is 0 Å². The molecule has 0 saturated heterocycles. The maximum atomic E-state index is 12.6. The molecule has 2 rings (SSSR count). The summed E-state index contributed by atoms with van der Waals surface area (Å²) in [6, 6.07) is 14.0. The molecule has 5 heteroatoms. The van der Waals surface area contributed by atoms with Gasteiger partial charge in [-0.25, -0.2) is 5.48 Å². The van der Waals surface area contributed by atoms with Crippen LogP contribution in [0.15, 0.2) is 48.5 Å². The molecule has 0 aromatic heterocycles. The van der Waals surface area contributed by atoms with Gasteiger partial charge in [-0.2, -0.15) is 0 Å². The minimum atomic E-state index is -0.611. The largest absolute Gasteiger partial charge is 0.311 e. The van der Waals surface area contributed by atoms with Crippen LogP contribution in [0.3, 0.4) is 0 Å². The Kier molecular flexibility index (Phi) is 5.04. The molecule has 0 atom stereocenters. The second-order valence-electron chi connectivity index (χ2n) is 6.68. The fourth-order valence-corrected chi connectivity index (χ4v) is 2.32. The van der Waals surface area contributed by atoms with Gasteiger partial charge in [0.15, 0.2) is 0 Å². The van der Waals surface area contributed by atoms with E-state index in [1.165, 1.54) is 17.7 Å². The maximum absolute atomic E-state index is 12.6. The van der Waals surface area contributed by atoms with E-state index < -0.39 is 5.91 Å². The number of rotatable bonds is 3. The Morgan fingerprint density at radius 3 is 1.88 bits per heavy atom. The number of hydrogen-bond acceptors (Lipinski definition) is 3. The Morgan fingerprint density at radius 1 is 0.917 bits per heavy atom. The van der Waals surface area contributed by atoms with Gasteiger partial charge in [-0.15, -0.1) is 0 Å². The number of amides is 2. The molecule has 0 fully saturated rings. The van der Waals surface area contributed by atoms with Crippen LogP contribution in [0.4, 0.5) is 5.69 Å². The van der Waals surface area contributed by atoms with Gasteiger partial charge in [0.2, 0.25) is 0 Å². The SMILES string of the molecule is CN(C(=O)c1ccc(C(=O)NO)cc1)c1ccc(C(C)(C)C)cc1. The van der Waals surface area contributed by atoms with Crippen molar-refractivity contribution in [3.63, 3.8) is 0 Å². The molecule has 0 spiro atoms. The number of benzene rings is 2. The molecule has 126 valence electrons. The molecule has 0 bridgehead atoms. The number of nitrogens with one attached hydrogen (secondary N) is 1. The van der Waals surface area contributed by atoms with Crippen molar-refractivity contribution in [1.82, 2.24) is 5.48 Å². The van der Waals surface area contributed by atoms with Crippen LogP contribution < -0.4 is 10.4 Å². The van der Waals surface area contributed by atoms with E-state index in [-0.39, 0.29) is 16.9 Å². The third-order valence-electron chi connectivity index (χ3n) is 3.92. The molecule has 5 nitrogen and oxygen atoms in total. The molecule has 0 unspecified atom stereocenters. The average Bonchev–Trinajstić information content (AvgIpc) is 2.59. The first-order chi connectivity index (χ1) is 11.2. The van der Waals surface area contributed by atoms with Crippen LogP contribution in [0.2, 0.25) is 0 Å². The van der Waals surface area contributed by atoms with E-state index in [0.717, 1.165) is 5.69 Å². The summed E-state index contributed by atoms with van der Waals surface area (Å²) in [5, 5.41) is 8.61. The van der Waals surface area contributed by atoms with Crippen molar-refractivity contribution < 1.29 is 14.8 Å². The molecule has 2 N–H and O–H groups in total. The van der Waals surface area contributed by atoms with E-state index in [1.807, 2.05) is 24.3 Å². The minimum Gasteiger partial charge on any atom is -0.311 e. The summed E-state index contributed by atoms with van der Waals surface area (Å²) >= 11 is 0. The molecule has 0 aliphatic heterocycles. The first-order valence-corrected chi connectivity index (χ1v) is 7.67. The molecular weight excluding hydrogens is 304 g/mol. The van der Waals surface area contributed by atoms with Crippen LogP contribution in [0.5, 0.6) is 0 Å². The van der Waals surface area contributed by atoms with Gasteiger partial charge >= 0.3 is 0 Å². The molecule has 24 heavy (non-hydrogen) atoms. The highest BCUT2D eigenvalue weighted by Crippen LogP contribution is 2.25. The lowest BCUT2D eigenvalue weighted by Gasteiger charge is -2.22. The molecule has 2 aromatic rings. The van der Waals surface area contributed by atoms with Crippen molar-refractivity contribution in [2.24, 2.45) is 0 Å². The Balaban J connectivity index is 2.18. The third-order valence-corrected chi connectivity index (χ3v) is 3.92. The van der Waals surface area contributed by atoms with Gasteiger partial charge in [0.1, 0.15) is 0 Å². The average molecular weight is 326 g/mol. The summed E-state index contributed by atoms with van der Waals surface area (Å²) in [7, 11) is 1.71. The Hall–Kier alpha value is -2.66. The van der Waals surface area contributed by atoms with Crippen molar-refractivity contribution in [2.75, 3.05) is 11.9 Å². The Morgan fingerprint density at radius 2 is 1.42 bits per heavy atom. The Bertz CT molecular complexity index is 729. The van der Waals surface area contributed by atoms with Crippen molar-refractivity contribution in [1.29, 1.82) is 0 Å². The van der Waals surface area contributed by atoms with Gasteiger partial charge in [0, 0.05) is 23.9 Å². The molecule has 0 aliphatic carbocycles. The number of hydroxylamine groups is 1. The molecule has 0 saturated carbocycles. The lowest BCUT2D eigenvalue weighted by atomic mass is 9.87. The summed E-state index contributed by atoms with van der Waals surface area (Å²) in [6.07, 6.45) is 0. The smallest absolute Gasteiger partial charge is 0.274 e. The second-order valence-corrected chi connectivity index (χ2v) is 6.68. The normalized spacial score (nSPS) is 11.0. The van der Waals surface area contributed by atoms with Gasteiger partial charge < -0.3 is 4.90 Å². The van der Waals surface area contributed by atoms with Crippen LogP contribution >= 0.6 is 0 Å². The summed E-state index contributed by atoms with van der Waals surface area (Å²) in [6.45, 7) is 6.42. The molecule has 0 radical (unpaired) electrons. The zero-order valence-electron chi connectivity index (χ0n) is 14.3. The fourth-order valence-electron chi connectivity index (χ4n) is 2.32. The predicted octanol–water partition coefficient (Wildman–Crippen LogP) is 3.38. The molecule has 2 aromatic carbocycles. The van der Waals surface area contributed by atoms with Crippen LogP contribution in [0.1, 0.15) is 47.1 Å². The van der Waals surface area contributed by atoms with E-state index in [4.69, 9.17) is 5.21 Å². The monoisotopic (exact) mass is 326 g/mol. The highest BCUT2D eigenvalue weighted by molar-refractivity contribution is 6.06. The molecular formula is C19H22N2O3. The van der Waals surface area contributed by atoms with E-state index >= 15 is 0 Å². The van der Waals surface area contributed by atoms with Gasteiger partial charge in [-0.3, -0.25) is 14.8 Å². The highest BCUT2D eigenvalue weighted by Gasteiger charge is 2.17. The lowest BCUT2D eigenvalue weighted by molar-refractivity contribution is 0.0706. The van der Waals surface area contributed by atoms with Gasteiger partial charge in [0.25, 0.3) is 11.8 Å². The first kappa shape index (κ1) is 17.7. The number of carbonyl (C=O) groups excluding carboxylic acids is 2. The lowest BCUT2D eigenvalue weighted by Crippen LogP contribution is -2.26. The number of nitrogens with zero attached hydrogens (tertiary/aromatic N) is 1. The van der Waals surface area contributed by atoms with Crippen molar-refractivity contribution in [3.05, 3.63) is 65.2 Å². The number of anilines is 1. The standard InChI is InChI=1S/C19H22N2O3/c1-19(2,3)15-9-11-16(12-10-15)21(4)18(23)14-7-5-13(6-8-14)17(22)20-24/h5-12,24H,1-4H3,(H,20,22). The Labute approximate surface area is 141 Å². The molecule has 2 amide bonds. The zero-order valence-corrected chi connectivity index (χ0v) is 14.3. The minimum absolute atomic E-state index is 0.0597. The van der Waals surface area contributed by atoms with Crippen LogP contribution in [-0.4, -0.2) is 24.1 Å². The quantitative estimate of drug-likeness (QED) is 0.671.